The Morgan fingerprint density at radius 2 is 1.58 bits per heavy atom. The second-order valence-corrected chi connectivity index (χ2v) is 6.22. The van der Waals surface area contributed by atoms with Crippen molar-refractivity contribution in [2.45, 2.75) is 46.5 Å². The fraction of sp³-hybridized carbons (Fsp3) is 0.381. The molecule has 0 aliphatic carbocycles. The van der Waals surface area contributed by atoms with Crippen LogP contribution in [0.25, 0.3) is 0 Å². The van der Waals surface area contributed by atoms with Crippen LogP contribution < -0.4 is 10.1 Å². The highest BCUT2D eigenvalue weighted by Gasteiger charge is 2.10. The molecule has 0 aromatic heterocycles. The number of rotatable bonds is 7. The minimum absolute atomic E-state index is 0.0161. The largest absolute Gasteiger partial charge is 0.484 e. The lowest BCUT2D eigenvalue weighted by atomic mass is 10.0. The van der Waals surface area contributed by atoms with Gasteiger partial charge in [-0.15, -0.1) is 0 Å². The molecule has 24 heavy (non-hydrogen) atoms. The van der Waals surface area contributed by atoms with Gasteiger partial charge in [0, 0.05) is 5.69 Å². The topological polar surface area (TPSA) is 38.3 Å². The van der Waals surface area contributed by atoms with Gasteiger partial charge in [-0.25, -0.2) is 0 Å². The lowest BCUT2D eigenvalue weighted by Gasteiger charge is -2.15. The Labute approximate surface area is 145 Å². The van der Waals surface area contributed by atoms with Gasteiger partial charge in [0.1, 0.15) is 5.75 Å². The third-order valence-electron chi connectivity index (χ3n) is 4.18. The van der Waals surface area contributed by atoms with Crippen molar-refractivity contribution >= 4 is 11.6 Å². The van der Waals surface area contributed by atoms with Crippen LogP contribution in [0.4, 0.5) is 5.69 Å². The van der Waals surface area contributed by atoms with E-state index < -0.39 is 0 Å². The van der Waals surface area contributed by atoms with Gasteiger partial charge in [-0.1, -0.05) is 58.0 Å². The second-order valence-electron chi connectivity index (χ2n) is 6.22. The van der Waals surface area contributed by atoms with Crippen molar-refractivity contribution in [2.75, 3.05) is 11.9 Å². The lowest BCUT2D eigenvalue weighted by Crippen LogP contribution is -2.21. The lowest BCUT2D eigenvalue weighted by molar-refractivity contribution is -0.118. The van der Waals surface area contributed by atoms with Crippen LogP contribution in [0, 0.1) is 0 Å². The third-order valence-corrected chi connectivity index (χ3v) is 4.18. The summed E-state index contributed by atoms with van der Waals surface area (Å²) in [6, 6.07) is 14.1. The Hall–Kier alpha value is -2.29. The van der Waals surface area contributed by atoms with Crippen molar-refractivity contribution in [1.82, 2.24) is 0 Å². The van der Waals surface area contributed by atoms with Gasteiger partial charge < -0.3 is 10.1 Å². The summed E-state index contributed by atoms with van der Waals surface area (Å²) in [5.74, 6) is 1.08. The zero-order valence-electron chi connectivity index (χ0n) is 15.1. The number of nitrogens with one attached hydrogen (secondary N) is 1. The second kappa shape index (κ2) is 8.53. The highest BCUT2D eigenvalue weighted by Crippen LogP contribution is 2.23. The van der Waals surface area contributed by atoms with E-state index in [1.165, 1.54) is 5.56 Å². The van der Waals surface area contributed by atoms with Crippen molar-refractivity contribution in [1.29, 1.82) is 0 Å². The molecule has 0 aliphatic heterocycles. The third kappa shape index (κ3) is 4.60. The number of hydrogen-bond donors (Lipinski definition) is 1. The average Bonchev–Trinajstić information content (AvgIpc) is 2.60. The van der Waals surface area contributed by atoms with Gasteiger partial charge in [-0.05, 0) is 47.6 Å². The van der Waals surface area contributed by atoms with Crippen LogP contribution in [0.5, 0.6) is 5.75 Å². The zero-order chi connectivity index (χ0) is 17.5. The number of hydrogen-bond acceptors (Lipinski definition) is 2. The molecule has 2 aromatic carbocycles. The van der Waals surface area contributed by atoms with Crippen LogP contribution in [0.2, 0.25) is 0 Å². The van der Waals surface area contributed by atoms with E-state index in [-0.39, 0.29) is 12.5 Å². The van der Waals surface area contributed by atoms with Crippen molar-refractivity contribution in [3.05, 3.63) is 59.2 Å². The molecule has 0 atom stereocenters. The van der Waals surface area contributed by atoms with Crippen molar-refractivity contribution < 1.29 is 9.53 Å². The van der Waals surface area contributed by atoms with Crippen molar-refractivity contribution in [3.63, 3.8) is 0 Å². The van der Waals surface area contributed by atoms with Crippen LogP contribution in [0.15, 0.2) is 42.5 Å². The maximum Gasteiger partial charge on any atom is 0.262 e. The van der Waals surface area contributed by atoms with Gasteiger partial charge in [0.25, 0.3) is 5.91 Å². The molecule has 2 rings (SSSR count). The number of benzene rings is 2. The number of para-hydroxylation sites is 1. The molecule has 1 amide bonds. The Morgan fingerprint density at radius 1 is 1.00 bits per heavy atom. The first-order chi connectivity index (χ1) is 11.5. The van der Waals surface area contributed by atoms with E-state index in [4.69, 9.17) is 4.74 Å². The van der Waals surface area contributed by atoms with Gasteiger partial charge in [0.2, 0.25) is 0 Å². The molecule has 0 fully saturated rings. The number of carbonyl (C=O) groups excluding carboxylic acids is 1. The van der Waals surface area contributed by atoms with E-state index in [1.54, 1.807) is 0 Å². The molecule has 128 valence electrons. The van der Waals surface area contributed by atoms with E-state index in [0.29, 0.717) is 11.7 Å². The standard InChI is InChI=1S/C21H27NO2/c1-5-16-8-7-9-17(6-2)21(16)22-20(23)14-24-19-12-10-18(11-13-19)15(3)4/h7-13,15H,5-6,14H2,1-4H3,(H,22,23). The average molecular weight is 325 g/mol. The molecule has 1 N–H and O–H groups in total. The first kappa shape index (κ1) is 18.1. The minimum atomic E-state index is -0.126. The predicted molar refractivity (Wildman–Crippen MR) is 99.9 cm³/mol. The summed E-state index contributed by atoms with van der Waals surface area (Å²) in [7, 11) is 0. The minimum Gasteiger partial charge on any atom is -0.484 e. The predicted octanol–water partition coefficient (Wildman–Crippen LogP) is 4.95. The molecule has 0 saturated heterocycles. The van der Waals surface area contributed by atoms with Gasteiger partial charge in [-0.3, -0.25) is 4.79 Å². The molecular formula is C21H27NO2. The quantitative estimate of drug-likeness (QED) is 0.782. The molecule has 3 heteroatoms. The molecule has 0 aliphatic rings. The molecule has 0 spiro atoms. The van der Waals surface area contributed by atoms with Crippen molar-refractivity contribution in [3.8, 4) is 5.75 Å². The van der Waals surface area contributed by atoms with E-state index in [1.807, 2.05) is 30.3 Å². The van der Waals surface area contributed by atoms with Crippen molar-refractivity contribution in [2.24, 2.45) is 0 Å². The van der Waals surface area contributed by atoms with Crippen LogP contribution in [0.1, 0.15) is 50.3 Å². The van der Waals surface area contributed by atoms with Crippen LogP contribution >= 0.6 is 0 Å². The fourth-order valence-corrected chi connectivity index (χ4v) is 2.68. The number of carbonyl (C=O) groups is 1. The van der Waals surface area contributed by atoms with Gasteiger partial charge in [0.15, 0.2) is 6.61 Å². The summed E-state index contributed by atoms with van der Waals surface area (Å²) in [5, 5.41) is 3.02. The molecule has 0 unspecified atom stereocenters. The number of anilines is 1. The van der Waals surface area contributed by atoms with Gasteiger partial charge >= 0.3 is 0 Å². The summed E-state index contributed by atoms with van der Waals surface area (Å²) < 4.78 is 5.61. The highest BCUT2D eigenvalue weighted by molar-refractivity contribution is 5.93. The molecule has 0 bridgehead atoms. The van der Waals surface area contributed by atoms with Gasteiger partial charge in [0.05, 0.1) is 0 Å². The Balaban J connectivity index is 1.99. The molecular weight excluding hydrogens is 298 g/mol. The van der Waals surface area contributed by atoms with Crippen LogP contribution in [-0.2, 0) is 17.6 Å². The highest BCUT2D eigenvalue weighted by atomic mass is 16.5. The normalized spacial score (nSPS) is 10.7. The maximum atomic E-state index is 12.3. The summed E-state index contributed by atoms with van der Waals surface area (Å²) in [6.45, 7) is 8.51. The van der Waals surface area contributed by atoms with E-state index in [2.05, 4.69) is 45.1 Å². The fourth-order valence-electron chi connectivity index (χ4n) is 2.68. The van der Waals surface area contributed by atoms with E-state index >= 15 is 0 Å². The zero-order valence-corrected chi connectivity index (χ0v) is 15.1. The number of aryl methyl sites for hydroxylation is 2. The Morgan fingerprint density at radius 3 is 2.08 bits per heavy atom. The monoisotopic (exact) mass is 325 g/mol. The first-order valence-electron chi connectivity index (χ1n) is 8.68. The number of amides is 1. The van der Waals surface area contributed by atoms with Crippen LogP contribution in [0.3, 0.4) is 0 Å². The molecule has 3 nitrogen and oxygen atoms in total. The summed E-state index contributed by atoms with van der Waals surface area (Å²) >= 11 is 0. The SMILES string of the molecule is CCc1cccc(CC)c1NC(=O)COc1ccc(C(C)C)cc1. The summed E-state index contributed by atoms with van der Waals surface area (Å²) in [5.41, 5.74) is 4.51. The molecule has 0 heterocycles. The summed E-state index contributed by atoms with van der Waals surface area (Å²) in [6.07, 6.45) is 1.78. The molecule has 0 saturated carbocycles. The van der Waals surface area contributed by atoms with Gasteiger partial charge in [-0.2, -0.15) is 0 Å². The smallest absolute Gasteiger partial charge is 0.262 e. The Bertz CT molecular complexity index is 652. The maximum absolute atomic E-state index is 12.3. The van der Waals surface area contributed by atoms with Crippen LogP contribution in [-0.4, -0.2) is 12.5 Å². The Kier molecular flexibility index (Phi) is 6.42. The first-order valence-corrected chi connectivity index (χ1v) is 8.68. The van der Waals surface area contributed by atoms with E-state index in [9.17, 15) is 4.79 Å². The summed E-state index contributed by atoms with van der Waals surface area (Å²) in [4.78, 5) is 12.3. The molecule has 2 aromatic rings. The number of ether oxygens (including phenoxy) is 1. The van der Waals surface area contributed by atoms with E-state index in [0.717, 1.165) is 29.7 Å². The molecule has 0 radical (unpaired) electrons.